The first-order valence-corrected chi connectivity index (χ1v) is 8.66. The topological polar surface area (TPSA) is 52.0 Å². The van der Waals surface area contributed by atoms with Gasteiger partial charge in [0.2, 0.25) is 0 Å². The second-order valence-corrected chi connectivity index (χ2v) is 7.58. The maximum atomic E-state index is 12.6. The molecule has 0 radical (unpaired) electrons. The molecule has 0 aliphatic rings. The van der Waals surface area contributed by atoms with Crippen molar-refractivity contribution in [2.24, 2.45) is 0 Å². The highest BCUT2D eigenvalue weighted by Crippen LogP contribution is 2.28. The Morgan fingerprint density at radius 1 is 1.05 bits per heavy atom. The molecule has 0 aliphatic heterocycles. The predicted octanol–water partition coefficient (Wildman–Crippen LogP) is 3.80. The van der Waals surface area contributed by atoms with Crippen LogP contribution in [0.1, 0.15) is 0 Å². The van der Waals surface area contributed by atoms with E-state index in [1.807, 2.05) is 0 Å². The smallest absolute Gasteiger partial charge is 0.224 e. The molecule has 2 aromatic heterocycles. The molecule has 102 valence electrons. The Labute approximate surface area is 132 Å². The van der Waals surface area contributed by atoms with Crippen LogP contribution in [-0.2, 0) is 10.0 Å². The molecular weight excluding hydrogens is 408 g/mol. The lowest BCUT2D eigenvalue weighted by atomic mass is 10.3. The molecule has 0 saturated heterocycles. The van der Waals surface area contributed by atoms with Gasteiger partial charge in [-0.25, -0.2) is 17.4 Å². The number of fused-ring (bicyclic) bond motifs is 1. The van der Waals surface area contributed by atoms with Gasteiger partial charge >= 0.3 is 0 Å². The SMILES string of the molecule is O=S(=O)(c1ccccc1)n1ccc2c(Br)cc(Br)nc21. The van der Waals surface area contributed by atoms with Crippen LogP contribution in [0, 0.1) is 0 Å². The van der Waals surface area contributed by atoms with E-state index in [9.17, 15) is 8.42 Å². The number of nitrogens with zero attached hydrogens (tertiary/aromatic N) is 2. The highest BCUT2D eigenvalue weighted by molar-refractivity contribution is 9.11. The highest BCUT2D eigenvalue weighted by Gasteiger charge is 2.20. The number of aromatic nitrogens is 2. The van der Waals surface area contributed by atoms with Gasteiger partial charge in [-0.1, -0.05) is 18.2 Å². The molecule has 0 fully saturated rings. The number of benzene rings is 1. The average Bonchev–Trinajstić information content (AvgIpc) is 2.84. The lowest BCUT2D eigenvalue weighted by Gasteiger charge is -2.07. The van der Waals surface area contributed by atoms with Crippen molar-refractivity contribution in [3.8, 4) is 0 Å². The van der Waals surface area contributed by atoms with Crippen LogP contribution >= 0.6 is 31.9 Å². The Bertz CT molecular complexity index is 889. The van der Waals surface area contributed by atoms with Gasteiger partial charge in [-0.15, -0.1) is 0 Å². The maximum absolute atomic E-state index is 12.6. The molecular formula is C13H8Br2N2O2S. The summed E-state index contributed by atoms with van der Waals surface area (Å²) in [5, 5.41) is 0.743. The van der Waals surface area contributed by atoms with Crippen LogP contribution in [0.4, 0.5) is 0 Å². The quantitative estimate of drug-likeness (QED) is 0.598. The van der Waals surface area contributed by atoms with Crippen LogP contribution in [0.15, 0.2) is 62.6 Å². The van der Waals surface area contributed by atoms with Crippen LogP contribution in [0.5, 0.6) is 0 Å². The summed E-state index contributed by atoms with van der Waals surface area (Å²) < 4.78 is 27.8. The molecule has 0 atom stereocenters. The third-order valence-corrected chi connectivity index (χ3v) is 5.58. The van der Waals surface area contributed by atoms with E-state index in [1.165, 1.54) is 10.2 Å². The van der Waals surface area contributed by atoms with Gasteiger partial charge in [-0.2, -0.15) is 0 Å². The summed E-state index contributed by atoms with van der Waals surface area (Å²) in [6, 6.07) is 11.8. The summed E-state index contributed by atoms with van der Waals surface area (Å²) >= 11 is 6.68. The second-order valence-electron chi connectivity index (χ2n) is 4.09. The fourth-order valence-corrected chi connectivity index (χ4v) is 4.46. The summed E-state index contributed by atoms with van der Waals surface area (Å²) in [7, 11) is -3.64. The molecule has 4 nitrogen and oxygen atoms in total. The first-order valence-electron chi connectivity index (χ1n) is 5.64. The van der Waals surface area contributed by atoms with E-state index in [0.717, 1.165) is 9.86 Å². The molecule has 2 heterocycles. The zero-order chi connectivity index (χ0) is 14.3. The van der Waals surface area contributed by atoms with Gasteiger partial charge in [0.05, 0.1) is 4.90 Å². The standard InChI is InChI=1S/C13H8Br2N2O2S/c14-11-8-12(15)16-13-10(11)6-7-17(13)20(18,19)9-4-2-1-3-5-9/h1-8H. The average molecular weight is 416 g/mol. The fraction of sp³-hybridized carbons (Fsp3) is 0. The Kier molecular flexibility index (Phi) is 3.43. The van der Waals surface area contributed by atoms with Gasteiger partial charge in [-0.05, 0) is 56.1 Å². The van der Waals surface area contributed by atoms with Crippen LogP contribution in [0.2, 0.25) is 0 Å². The summed E-state index contributed by atoms with van der Waals surface area (Å²) in [6.45, 7) is 0. The zero-order valence-corrected chi connectivity index (χ0v) is 14.0. The molecule has 0 unspecified atom stereocenters. The lowest BCUT2D eigenvalue weighted by Crippen LogP contribution is -2.12. The highest BCUT2D eigenvalue weighted by atomic mass is 79.9. The van der Waals surface area contributed by atoms with Crippen molar-refractivity contribution in [2.45, 2.75) is 4.90 Å². The lowest BCUT2D eigenvalue weighted by molar-refractivity contribution is 0.588. The molecule has 0 spiro atoms. The van der Waals surface area contributed by atoms with Gasteiger partial charge in [0, 0.05) is 16.1 Å². The molecule has 0 aliphatic carbocycles. The first kappa shape index (κ1) is 13.8. The second kappa shape index (κ2) is 4.98. The summed E-state index contributed by atoms with van der Waals surface area (Å²) in [5.74, 6) is 0. The van der Waals surface area contributed by atoms with Gasteiger partial charge in [0.15, 0.2) is 5.65 Å². The van der Waals surface area contributed by atoms with Crippen molar-refractivity contribution in [3.05, 3.63) is 57.7 Å². The Morgan fingerprint density at radius 2 is 1.75 bits per heavy atom. The Balaban J connectivity index is 2.31. The largest absolute Gasteiger partial charge is 0.269 e. The van der Waals surface area contributed by atoms with Crippen molar-refractivity contribution >= 4 is 52.9 Å². The summed E-state index contributed by atoms with van der Waals surface area (Å²) in [4.78, 5) is 4.49. The van der Waals surface area contributed by atoms with Crippen LogP contribution in [0.25, 0.3) is 11.0 Å². The minimum absolute atomic E-state index is 0.232. The first-order chi connectivity index (χ1) is 9.50. The molecule has 0 N–H and O–H groups in total. The number of halogens is 2. The summed E-state index contributed by atoms with van der Waals surface area (Å²) in [6.07, 6.45) is 1.51. The van der Waals surface area contributed by atoms with Crippen LogP contribution in [-0.4, -0.2) is 17.4 Å². The van der Waals surface area contributed by atoms with E-state index in [-0.39, 0.29) is 4.90 Å². The molecule has 3 aromatic rings. The van der Waals surface area contributed by atoms with Crippen LogP contribution < -0.4 is 0 Å². The van der Waals surface area contributed by atoms with E-state index in [1.54, 1.807) is 42.5 Å². The molecule has 0 amide bonds. The maximum Gasteiger partial charge on any atom is 0.269 e. The van der Waals surface area contributed by atoms with E-state index < -0.39 is 10.0 Å². The number of hydrogen-bond acceptors (Lipinski definition) is 3. The molecule has 7 heteroatoms. The molecule has 20 heavy (non-hydrogen) atoms. The van der Waals surface area contributed by atoms with E-state index in [0.29, 0.717) is 10.3 Å². The fourth-order valence-electron chi connectivity index (χ4n) is 1.92. The van der Waals surface area contributed by atoms with E-state index >= 15 is 0 Å². The summed E-state index contributed by atoms with van der Waals surface area (Å²) in [5.41, 5.74) is 0.384. The number of rotatable bonds is 2. The van der Waals surface area contributed by atoms with Gasteiger partial charge in [0.25, 0.3) is 10.0 Å². The van der Waals surface area contributed by atoms with Crippen LogP contribution in [0.3, 0.4) is 0 Å². The monoisotopic (exact) mass is 414 g/mol. The Hall–Kier alpha value is -1.18. The molecule has 3 rings (SSSR count). The molecule has 1 aromatic carbocycles. The predicted molar refractivity (Wildman–Crippen MR) is 84.2 cm³/mol. The minimum atomic E-state index is -3.64. The van der Waals surface area contributed by atoms with Gasteiger partial charge < -0.3 is 0 Å². The third-order valence-electron chi connectivity index (χ3n) is 2.84. The van der Waals surface area contributed by atoms with Crippen molar-refractivity contribution in [3.63, 3.8) is 0 Å². The van der Waals surface area contributed by atoms with Crippen molar-refractivity contribution < 1.29 is 8.42 Å². The van der Waals surface area contributed by atoms with Gasteiger partial charge in [0.1, 0.15) is 4.60 Å². The Morgan fingerprint density at radius 3 is 2.45 bits per heavy atom. The minimum Gasteiger partial charge on any atom is -0.224 e. The number of pyridine rings is 1. The molecule has 0 bridgehead atoms. The normalized spacial score (nSPS) is 11.9. The third kappa shape index (κ3) is 2.19. The zero-order valence-electron chi connectivity index (χ0n) is 9.99. The van der Waals surface area contributed by atoms with Gasteiger partial charge in [-0.3, -0.25) is 0 Å². The number of hydrogen-bond donors (Lipinski definition) is 0. The van der Waals surface area contributed by atoms with Crippen molar-refractivity contribution in [1.29, 1.82) is 0 Å². The van der Waals surface area contributed by atoms with Crippen molar-refractivity contribution in [1.82, 2.24) is 8.96 Å². The van der Waals surface area contributed by atoms with Crippen molar-refractivity contribution in [2.75, 3.05) is 0 Å². The van der Waals surface area contributed by atoms with E-state index in [2.05, 4.69) is 36.8 Å². The van der Waals surface area contributed by atoms with E-state index in [4.69, 9.17) is 0 Å². The molecule has 0 saturated carbocycles.